The number of anilines is 1. The molecule has 8 nitrogen and oxygen atoms in total. The van der Waals surface area contributed by atoms with Crippen molar-refractivity contribution in [3.05, 3.63) is 54.1 Å². The van der Waals surface area contributed by atoms with E-state index >= 15 is 0 Å². The standard InChI is InChI=1S/C21H21N3O5S/c1-3-24-18(25)12-17(19(26)22-14-9-7-13(8-10-14)20(27)28)30-21(24)23-15-5-4-6-16(11-15)29-2/h4-11,17H,3,12H2,1-2H3,(H,22,26)(H,27,28). The molecule has 1 heterocycles. The molecule has 30 heavy (non-hydrogen) atoms. The van der Waals surface area contributed by atoms with Crippen LogP contribution in [0.2, 0.25) is 0 Å². The molecule has 1 atom stereocenters. The summed E-state index contributed by atoms with van der Waals surface area (Å²) in [6.45, 7) is 2.30. The molecular formula is C21H21N3O5S. The van der Waals surface area contributed by atoms with Crippen molar-refractivity contribution < 1.29 is 24.2 Å². The average Bonchev–Trinajstić information content (AvgIpc) is 2.74. The van der Waals surface area contributed by atoms with E-state index in [9.17, 15) is 14.4 Å². The van der Waals surface area contributed by atoms with E-state index in [1.807, 2.05) is 6.92 Å². The number of ether oxygens (including phenoxy) is 1. The lowest BCUT2D eigenvalue weighted by atomic mass is 10.2. The van der Waals surface area contributed by atoms with Gasteiger partial charge < -0.3 is 15.2 Å². The summed E-state index contributed by atoms with van der Waals surface area (Å²) in [4.78, 5) is 42.4. The third-order valence-corrected chi connectivity index (χ3v) is 5.61. The van der Waals surface area contributed by atoms with E-state index in [4.69, 9.17) is 9.84 Å². The molecule has 1 fully saturated rings. The van der Waals surface area contributed by atoms with Crippen molar-refractivity contribution >= 4 is 46.1 Å². The number of rotatable bonds is 6. The zero-order chi connectivity index (χ0) is 21.7. The first kappa shape index (κ1) is 21.4. The van der Waals surface area contributed by atoms with Crippen LogP contribution >= 0.6 is 11.8 Å². The maximum absolute atomic E-state index is 12.7. The molecule has 0 aliphatic carbocycles. The van der Waals surface area contributed by atoms with Crippen molar-refractivity contribution in [3.8, 4) is 5.75 Å². The predicted octanol–water partition coefficient (Wildman–Crippen LogP) is 3.37. The molecule has 1 saturated heterocycles. The predicted molar refractivity (Wildman–Crippen MR) is 116 cm³/mol. The van der Waals surface area contributed by atoms with Gasteiger partial charge in [0.05, 0.1) is 18.4 Å². The molecular weight excluding hydrogens is 406 g/mol. The van der Waals surface area contributed by atoms with Crippen molar-refractivity contribution in [2.24, 2.45) is 4.99 Å². The van der Waals surface area contributed by atoms with E-state index in [0.717, 1.165) is 0 Å². The molecule has 0 radical (unpaired) electrons. The van der Waals surface area contributed by atoms with Crippen molar-refractivity contribution in [3.63, 3.8) is 0 Å². The Labute approximate surface area is 177 Å². The van der Waals surface area contributed by atoms with Crippen molar-refractivity contribution in [1.82, 2.24) is 4.90 Å². The van der Waals surface area contributed by atoms with Crippen LogP contribution in [-0.2, 0) is 9.59 Å². The van der Waals surface area contributed by atoms with E-state index < -0.39 is 11.2 Å². The highest BCUT2D eigenvalue weighted by Crippen LogP contribution is 2.30. The second kappa shape index (κ2) is 9.45. The van der Waals surface area contributed by atoms with Gasteiger partial charge in [0.15, 0.2) is 5.17 Å². The second-order valence-corrected chi connectivity index (χ2v) is 7.59. The molecule has 1 aliphatic heterocycles. The Balaban J connectivity index is 1.78. The van der Waals surface area contributed by atoms with E-state index in [0.29, 0.717) is 28.8 Å². The molecule has 156 valence electrons. The van der Waals surface area contributed by atoms with Crippen LogP contribution in [0.15, 0.2) is 53.5 Å². The Morgan fingerprint density at radius 2 is 2.00 bits per heavy atom. The molecule has 0 spiro atoms. The minimum Gasteiger partial charge on any atom is -0.497 e. The highest BCUT2D eigenvalue weighted by atomic mass is 32.2. The molecule has 2 N–H and O–H groups in total. The van der Waals surface area contributed by atoms with Gasteiger partial charge in [-0.05, 0) is 43.3 Å². The average molecular weight is 427 g/mol. The summed E-state index contributed by atoms with van der Waals surface area (Å²) in [5.41, 5.74) is 1.21. The van der Waals surface area contributed by atoms with Crippen molar-refractivity contribution in [1.29, 1.82) is 0 Å². The number of hydrogen-bond acceptors (Lipinski definition) is 6. The first-order valence-electron chi connectivity index (χ1n) is 9.25. The number of aromatic carboxylic acids is 1. The van der Waals surface area contributed by atoms with Crippen LogP contribution < -0.4 is 10.1 Å². The van der Waals surface area contributed by atoms with Crippen molar-refractivity contribution in [2.75, 3.05) is 19.0 Å². The number of hydrogen-bond donors (Lipinski definition) is 2. The van der Waals surface area contributed by atoms with Crippen LogP contribution in [0, 0.1) is 0 Å². The quantitative estimate of drug-likeness (QED) is 0.732. The largest absolute Gasteiger partial charge is 0.497 e. The van der Waals surface area contributed by atoms with Gasteiger partial charge in [-0.25, -0.2) is 9.79 Å². The smallest absolute Gasteiger partial charge is 0.335 e. The Hall–Kier alpha value is -3.33. The van der Waals surface area contributed by atoms with Crippen molar-refractivity contribution in [2.45, 2.75) is 18.6 Å². The molecule has 2 aromatic rings. The van der Waals surface area contributed by atoms with Gasteiger partial charge in [0, 0.05) is 24.7 Å². The van der Waals surface area contributed by atoms with Gasteiger partial charge in [-0.1, -0.05) is 17.8 Å². The Morgan fingerprint density at radius 3 is 2.63 bits per heavy atom. The number of nitrogens with one attached hydrogen (secondary N) is 1. The summed E-state index contributed by atoms with van der Waals surface area (Å²) < 4.78 is 5.21. The summed E-state index contributed by atoms with van der Waals surface area (Å²) in [5.74, 6) is -0.921. The van der Waals surface area contributed by atoms with Gasteiger partial charge in [-0.15, -0.1) is 0 Å². The molecule has 1 unspecified atom stereocenters. The number of thioether (sulfide) groups is 1. The molecule has 2 amide bonds. The molecule has 0 bridgehead atoms. The highest BCUT2D eigenvalue weighted by molar-refractivity contribution is 8.15. The molecule has 2 aromatic carbocycles. The van der Waals surface area contributed by atoms with Gasteiger partial charge in [0.1, 0.15) is 11.0 Å². The lowest BCUT2D eigenvalue weighted by Gasteiger charge is -2.30. The molecule has 0 aromatic heterocycles. The molecule has 3 rings (SSSR count). The number of amides is 2. The number of carbonyl (C=O) groups is 3. The van der Waals surface area contributed by atoms with E-state index in [-0.39, 0.29) is 23.8 Å². The van der Waals surface area contributed by atoms with Gasteiger partial charge in [0.25, 0.3) is 0 Å². The molecule has 0 saturated carbocycles. The SMILES string of the molecule is CCN1C(=O)CC(C(=O)Nc2ccc(C(=O)O)cc2)SC1=Nc1cccc(OC)c1. The minimum atomic E-state index is -1.04. The van der Waals surface area contributed by atoms with Gasteiger partial charge in [-0.3, -0.25) is 14.5 Å². The number of methoxy groups -OCH3 is 1. The van der Waals surface area contributed by atoms with Crippen LogP contribution in [0.4, 0.5) is 11.4 Å². The third kappa shape index (κ3) is 4.98. The third-order valence-electron chi connectivity index (χ3n) is 4.43. The topological polar surface area (TPSA) is 108 Å². The van der Waals surface area contributed by atoms with Crippen LogP contribution in [0.25, 0.3) is 0 Å². The Morgan fingerprint density at radius 1 is 1.27 bits per heavy atom. The van der Waals surface area contributed by atoms with E-state index in [1.54, 1.807) is 36.3 Å². The van der Waals surface area contributed by atoms with Crippen LogP contribution in [0.5, 0.6) is 5.75 Å². The van der Waals surface area contributed by atoms with Crippen LogP contribution in [-0.4, -0.2) is 51.9 Å². The molecule has 1 aliphatic rings. The summed E-state index contributed by atoms with van der Waals surface area (Å²) in [7, 11) is 1.56. The first-order chi connectivity index (χ1) is 14.4. The first-order valence-corrected chi connectivity index (χ1v) is 10.1. The fourth-order valence-electron chi connectivity index (χ4n) is 2.86. The zero-order valence-electron chi connectivity index (χ0n) is 16.5. The second-order valence-electron chi connectivity index (χ2n) is 6.42. The minimum absolute atomic E-state index is 0.0503. The highest BCUT2D eigenvalue weighted by Gasteiger charge is 2.35. The van der Waals surface area contributed by atoms with Gasteiger partial charge in [-0.2, -0.15) is 0 Å². The maximum Gasteiger partial charge on any atom is 0.335 e. The number of benzene rings is 2. The number of carboxylic acid groups (broad SMARTS) is 1. The fourth-order valence-corrected chi connectivity index (χ4v) is 4.02. The van der Waals surface area contributed by atoms with Gasteiger partial charge >= 0.3 is 5.97 Å². The summed E-state index contributed by atoms with van der Waals surface area (Å²) in [5, 5.41) is 11.5. The number of carboxylic acids is 1. The number of carbonyl (C=O) groups excluding carboxylic acids is 2. The Kier molecular flexibility index (Phi) is 6.73. The fraction of sp³-hybridized carbons (Fsp3) is 0.238. The van der Waals surface area contributed by atoms with E-state index in [2.05, 4.69) is 10.3 Å². The number of aliphatic imine (C=N–C) groups is 1. The van der Waals surface area contributed by atoms with Crippen LogP contribution in [0.3, 0.4) is 0 Å². The van der Waals surface area contributed by atoms with Crippen LogP contribution in [0.1, 0.15) is 23.7 Å². The van der Waals surface area contributed by atoms with E-state index in [1.165, 1.54) is 36.0 Å². The number of nitrogens with zero attached hydrogens (tertiary/aromatic N) is 2. The summed E-state index contributed by atoms with van der Waals surface area (Å²) in [6, 6.07) is 13.0. The Bertz CT molecular complexity index is 990. The maximum atomic E-state index is 12.7. The number of amidine groups is 1. The summed E-state index contributed by atoms with van der Waals surface area (Å²) in [6.07, 6.45) is 0.0503. The van der Waals surface area contributed by atoms with Gasteiger partial charge in [0.2, 0.25) is 11.8 Å². The monoisotopic (exact) mass is 427 g/mol. The lowest BCUT2D eigenvalue weighted by molar-refractivity contribution is -0.129. The lowest BCUT2D eigenvalue weighted by Crippen LogP contribution is -2.45. The summed E-state index contributed by atoms with van der Waals surface area (Å²) >= 11 is 1.22. The zero-order valence-corrected chi connectivity index (χ0v) is 17.3. The normalized spacial score (nSPS) is 17.7. The molecule has 9 heteroatoms.